The van der Waals surface area contributed by atoms with Gasteiger partial charge in [0.2, 0.25) is 5.91 Å². The lowest BCUT2D eigenvalue weighted by Gasteiger charge is -2.06. The summed E-state index contributed by atoms with van der Waals surface area (Å²) in [5.74, 6) is 0.368. The molecule has 3 aromatic heterocycles. The SMILES string of the molecule is CCn1c(SCC(=O)NCCc2cn3ccccc3n2)nc2ccccc21. The predicted octanol–water partition coefficient (Wildman–Crippen LogP) is 3.15. The molecule has 0 fully saturated rings. The summed E-state index contributed by atoms with van der Waals surface area (Å²) >= 11 is 1.48. The Kier molecular flexibility index (Phi) is 5.11. The third kappa shape index (κ3) is 3.83. The second-order valence-corrected chi connectivity index (χ2v) is 7.16. The Bertz CT molecular complexity index is 1050. The Labute approximate surface area is 161 Å². The van der Waals surface area contributed by atoms with E-state index in [1.807, 2.05) is 53.2 Å². The summed E-state index contributed by atoms with van der Waals surface area (Å²) in [6, 6.07) is 14.0. The zero-order valence-corrected chi connectivity index (χ0v) is 15.9. The van der Waals surface area contributed by atoms with Gasteiger partial charge in [-0.15, -0.1) is 0 Å². The molecule has 0 aliphatic rings. The molecular formula is C20H21N5OS. The van der Waals surface area contributed by atoms with Crippen molar-refractivity contribution in [1.82, 2.24) is 24.3 Å². The fourth-order valence-electron chi connectivity index (χ4n) is 3.09. The first kappa shape index (κ1) is 17.6. The van der Waals surface area contributed by atoms with E-state index in [1.165, 1.54) is 11.8 Å². The van der Waals surface area contributed by atoms with Crippen molar-refractivity contribution in [3.8, 4) is 0 Å². The minimum atomic E-state index is 0.0125. The Hall–Kier alpha value is -2.80. The van der Waals surface area contributed by atoms with Gasteiger partial charge in [0, 0.05) is 31.9 Å². The molecule has 1 N–H and O–H groups in total. The third-order valence-electron chi connectivity index (χ3n) is 4.39. The van der Waals surface area contributed by atoms with E-state index in [9.17, 15) is 4.79 Å². The van der Waals surface area contributed by atoms with Gasteiger partial charge in [-0.1, -0.05) is 30.0 Å². The summed E-state index contributed by atoms with van der Waals surface area (Å²) in [5.41, 5.74) is 3.97. The number of hydrogen-bond acceptors (Lipinski definition) is 4. The molecule has 0 radical (unpaired) electrons. The van der Waals surface area contributed by atoms with Gasteiger partial charge < -0.3 is 14.3 Å². The lowest BCUT2D eigenvalue weighted by molar-refractivity contribution is -0.118. The van der Waals surface area contributed by atoms with Crippen molar-refractivity contribution in [3.63, 3.8) is 0 Å². The summed E-state index contributed by atoms with van der Waals surface area (Å²) in [6.07, 6.45) is 4.69. The first-order chi connectivity index (χ1) is 13.2. The van der Waals surface area contributed by atoms with E-state index in [4.69, 9.17) is 0 Å². The van der Waals surface area contributed by atoms with Crippen molar-refractivity contribution in [1.29, 1.82) is 0 Å². The van der Waals surface area contributed by atoms with E-state index in [-0.39, 0.29) is 5.91 Å². The van der Waals surface area contributed by atoms with Crippen LogP contribution in [0, 0.1) is 0 Å². The number of nitrogens with zero attached hydrogens (tertiary/aromatic N) is 4. The van der Waals surface area contributed by atoms with Crippen LogP contribution in [0.3, 0.4) is 0 Å². The Balaban J connectivity index is 1.31. The number of imidazole rings is 2. The summed E-state index contributed by atoms with van der Waals surface area (Å²) in [4.78, 5) is 21.4. The van der Waals surface area contributed by atoms with Crippen LogP contribution in [-0.2, 0) is 17.8 Å². The standard InChI is InChI=1S/C20H21N5OS/c1-2-25-17-8-4-3-7-16(17)23-20(25)27-14-19(26)21-11-10-15-13-24-12-6-5-9-18(24)22-15/h3-9,12-13H,2,10-11,14H2,1H3,(H,21,26). The van der Waals surface area contributed by atoms with Crippen molar-refractivity contribution >= 4 is 34.3 Å². The average molecular weight is 379 g/mol. The van der Waals surface area contributed by atoms with Crippen LogP contribution in [0.15, 0.2) is 60.0 Å². The van der Waals surface area contributed by atoms with Gasteiger partial charge in [0.25, 0.3) is 0 Å². The molecule has 4 rings (SSSR count). The molecule has 1 aromatic carbocycles. The molecule has 7 heteroatoms. The highest BCUT2D eigenvalue weighted by Crippen LogP contribution is 2.23. The highest BCUT2D eigenvalue weighted by molar-refractivity contribution is 7.99. The van der Waals surface area contributed by atoms with Gasteiger partial charge in [0.05, 0.1) is 22.5 Å². The Morgan fingerprint density at radius 3 is 2.85 bits per heavy atom. The van der Waals surface area contributed by atoms with Crippen LogP contribution < -0.4 is 5.32 Å². The van der Waals surface area contributed by atoms with Crippen LogP contribution in [0.25, 0.3) is 16.7 Å². The van der Waals surface area contributed by atoms with Crippen molar-refractivity contribution in [2.75, 3.05) is 12.3 Å². The Morgan fingerprint density at radius 1 is 1.15 bits per heavy atom. The quantitative estimate of drug-likeness (QED) is 0.501. The van der Waals surface area contributed by atoms with Crippen LogP contribution in [0.2, 0.25) is 0 Å². The van der Waals surface area contributed by atoms with E-state index in [0.717, 1.165) is 34.1 Å². The summed E-state index contributed by atoms with van der Waals surface area (Å²) in [7, 11) is 0. The molecule has 0 spiro atoms. The summed E-state index contributed by atoms with van der Waals surface area (Å²) in [6.45, 7) is 3.50. The van der Waals surface area contributed by atoms with E-state index in [0.29, 0.717) is 18.7 Å². The number of aromatic nitrogens is 4. The maximum atomic E-state index is 12.2. The number of aryl methyl sites for hydroxylation is 1. The molecule has 0 saturated carbocycles. The number of benzene rings is 1. The van der Waals surface area contributed by atoms with Gasteiger partial charge in [-0.2, -0.15) is 0 Å². The van der Waals surface area contributed by atoms with Crippen molar-refractivity contribution in [2.24, 2.45) is 0 Å². The number of carbonyl (C=O) groups excluding carboxylic acids is 1. The molecule has 3 heterocycles. The molecule has 6 nitrogen and oxygen atoms in total. The van der Waals surface area contributed by atoms with E-state index < -0.39 is 0 Å². The largest absolute Gasteiger partial charge is 0.355 e. The lowest BCUT2D eigenvalue weighted by Crippen LogP contribution is -2.27. The zero-order chi connectivity index (χ0) is 18.6. The number of para-hydroxylation sites is 2. The predicted molar refractivity (Wildman–Crippen MR) is 108 cm³/mol. The molecule has 0 aliphatic carbocycles. The van der Waals surface area contributed by atoms with Crippen LogP contribution in [0.5, 0.6) is 0 Å². The molecule has 4 aromatic rings. The Morgan fingerprint density at radius 2 is 2.00 bits per heavy atom. The van der Waals surface area contributed by atoms with Crippen molar-refractivity contribution < 1.29 is 4.79 Å². The first-order valence-corrected chi connectivity index (χ1v) is 10.0. The van der Waals surface area contributed by atoms with E-state index in [2.05, 4.69) is 32.8 Å². The monoisotopic (exact) mass is 379 g/mol. The van der Waals surface area contributed by atoms with Gasteiger partial charge in [0.15, 0.2) is 5.16 Å². The molecule has 0 saturated heterocycles. The summed E-state index contributed by atoms with van der Waals surface area (Å²) in [5, 5.41) is 3.85. The fraction of sp³-hybridized carbons (Fsp3) is 0.250. The van der Waals surface area contributed by atoms with Crippen LogP contribution in [-0.4, -0.2) is 37.1 Å². The topological polar surface area (TPSA) is 64.2 Å². The molecule has 138 valence electrons. The number of rotatable bonds is 7. The fourth-order valence-corrected chi connectivity index (χ4v) is 4.00. The second kappa shape index (κ2) is 7.84. The van der Waals surface area contributed by atoms with Gasteiger partial charge in [-0.3, -0.25) is 4.79 Å². The number of pyridine rings is 1. The number of carbonyl (C=O) groups is 1. The van der Waals surface area contributed by atoms with E-state index >= 15 is 0 Å². The number of thioether (sulfide) groups is 1. The highest BCUT2D eigenvalue weighted by Gasteiger charge is 2.11. The van der Waals surface area contributed by atoms with Crippen LogP contribution in [0.4, 0.5) is 0 Å². The maximum absolute atomic E-state index is 12.2. The first-order valence-electron chi connectivity index (χ1n) is 9.02. The van der Waals surface area contributed by atoms with Crippen molar-refractivity contribution in [2.45, 2.75) is 25.0 Å². The van der Waals surface area contributed by atoms with Gasteiger partial charge in [0.1, 0.15) is 5.65 Å². The summed E-state index contributed by atoms with van der Waals surface area (Å²) < 4.78 is 4.13. The smallest absolute Gasteiger partial charge is 0.230 e. The third-order valence-corrected chi connectivity index (χ3v) is 5.36. The molecule has 0 bridgehead atoms. The molecule has 0 aliphatic heterocycles. The molecule has 27 heavy (non-hydrogen) atoms. The molecular weight excluding hydrogens is 358 g/mol. The van der Waals surface area contributed by atoms with Crippen LogP contribution in [0.1, 0.15) is 12.6 Å². The normalized spacial score (nSPS) is 11.3. The zero-order valence-electron chi connectivity index (χ0n) is 15.1. The molecule has 0 atom stereocenters. The molecule has 0 unspecified atom stereocenters. The minimum absolute atomic E-state index is 0.0125. The molecule has 1 amide bonds. The van der Waals surface area contributed by atoms with Gasteiger partial charge >= 0.3 is 0 Å². The maximum Gasteiger partial charge on any atom is 0.230 e. The van der Waals surface area contributed by atoms with Crippen LogP contribution >= 0.6 is 11.8 Å². The average Bonchev–Trinajstić information content (AvgIpc) is 3.26. The second-order valence-electron chi connectivity index (χ2n) is 6.21. The number of nitrogens with one attached hydrogen (secondary N) is 1. The number of hydrogen-bond donors (Lipinski definition) is 1. The van der Waals surface area contributed by atoms with Crippen molar-refractivity contribution in [3.05, 3.63) is 60.6 Å². The van der Waals surface area contributed by atoms with E-state index in [1.54, 1.807) is 0 Å². The lowest BCUT2D eigenvalue weighted by atomic mass is 10.3. The highest BCUT2D eigenvalue weighted by atomic mass is 32.2. The van der Waals surface area contributed by atoms with Gasteiger partial charge in [-0.25, -0.2) is 9.97 Å². The minimum Gasteiger partial charge on any atom is -0.355 e. The van der Waals surface area contributed by atoms with Gasteiger partial charge in [-0.05, 0) is 31.2 Å². The number of amides is 1. The number of fused-ring (bicyclic) bond motifs is 2.